The lowest BCUT2D eigenvalue weighted by molar-refractivity contribution is 0.0812. The van der Waals surface area contributed by atoms with Gasteiger partial charge in [-0.3, -0.25) is 0 Å². The van der Waals surface area contributed by atoms with Gasteiger partial charge in [0.15, 0.2) is 0 Å². The Morgan fingerprint density at radius 3 is 2.52 bits per heavy atom. The first-order valence-electron chi connectivity index (χ1n) is 7.96. The number of rotatable bonds is 5. The highest BCUT2D eigenvalue weighted by Crippen LogP contribution is 2.46. The van der Waals surface area contributed by atoms with Crippen LogP contribution in [0.5, 0.6) is 0 Å². The van der Waals surface area contributed by atoms with Crippen molar-refractivity contribution >= 4 is 11.3 Å². The topological polar surface area (TPSA) is 37.4 Å². The molecule has 0 aliphatic carbocycles. The Kier molecular flexibility index (Phi) is 4.37. The molecule has 2 atom stereocenters. The maximum Gasteiger partial charge on any atom is 0.113 e. The Morgan fingerprint density at radius 1 is 1.33 bits per heavy atom. The van der Waals surface area contributed by atoms with Crippen molar-refractivity contribution in [3.05, 3.63) is 15.6 Å². The molecule has 1 N–H and O–H groups in total. The minimum Gasteiger partial charge on any atom is -0.383 e. The van der Waals surface area contributed by atoms with Gasteiger partial charge in [-0.1, -0.05) is 0 Å². The molecule has 2 saturated heterocycles. The highest BCUT2D eigenvalue weighted by Gasteiger charge is 2.49. The quantitative estimate of drug-likeness (QED) is 0.848. The van der Waals surface area contributed by atoms with E-state index in [1.807, 2.05) is 11.3 Å². The number of methoxy groups -OCH3 is 1. The molecular weight excluding hydrogens is 282 g/mol. The highest BCUT2D eigenvalue weighted by molar-refractivity contribution is 7.11. The average molecular weight is 309 g/mol. The summed E-state index contributed by atoms with van der Waals surface area (Å²) in [7, 11) is 4.06. The van der Waals surface area contributed by atoms with Gasteiger partial charge in [0.2, 0.25) is 0 Å². The van der Waals surface area contributed by atoms with E-state index < -0.39 is 0 Å². The molecule has 2 fully saturated rings. The fourth-order valence-corrected chi connectivity index (χ4v) is 5.03. The lowest BCUT2D eigenvalue weighted by Crippen LogP contribution is -2.55. The summed E-state index contributed by atoms with van der Waals surface area (Å²) in [5.41, 5.74) is 1.25. The maximum absolute atomic E-state index is 5.24. The van der Waals surface area contributed by atoms with E-state index in [4.69, 9.17) is 9.72 Å². The highest BCUT2D eigenvalue weighted by atomic mass is 32.1. The van der Waals surface area contributed by atoms with Crippen LogP contribution in [0.2, 0.25) is 0 Å². The molecule has 4 nitrogen and oxygen atoms in total. The summed E-state index contributed by atoms with van der Waals surface area (Å²) < 4.78 is 5.24. The second-order valence-electron chi connectivity index (χ2n) is 6.62. The molecule has 0 spiro atoms. The second kappa shape index (κ2) is 5.95. The van der Waals surface area contributed by atoms with Gasteiger partial charge in [-0.25, -0.2) is 4.98 Å². The lowest BCUT2D eigenvalue weighted by Gasteiger charge is -2.45. The number of aryl methyl sites for hydroxylation is 2. The van der Waals surface area contributed by atoms with Crippen molar-refractivity contribution in [1.29, 1.82) is 0 Å². The zero-order chi connectivity index (χ0) is 15.0. The van der Waals surface area contributed by atoms with Crippen LogP contribution in [0.3, 0.4) is 0 Å². The van der Waals surface area contributed by atoms with E-state index in [0.29, 0.717) is 12.1 Å². The molecule has 0 aromatic carbocycles. The van der Waals surface area contributed by atoms with Crippen molar-refractivity contribution in [1.82, 2.24) is 15.2 Å². The first-order chi connectivity index (χ1) is 10.1. The molecule has 2 aliphatic heterocycles. The molecule has 2 bridgehead atoms. The van der Waals surface area contributed by atoms with Gasteiger partial charge < -0.3 is 15.0 Å². The summed E-state index contributed by atoms with van der Waals surface area (Å²) in [6, 6.07) is 1.40. The van der Waals surface area contributed by atoms with Gasteiger partial charge in [0.05, 0.1) is 17.8 Å². The monoisotopic (exact) mass is 309 g/mol. The van der Waals surface area contributed by atoms with Crippen LogP contribution in [0.25, 0.3) is 0 Å². The molecule has 5 heteroatoms. The van der Waals surface area contributed by atoms with Gasteiger partial charge in [0.25, 0.3) is 0 Å². The Balaban J connectivity index is 1.88. The van der Waals surface area contributed by atoms with Crippen molar-refractivity contribution in [2.24, 2.45) is 0 Å². The van der Waals surface area contributed by atoms with Gasteiger partial charge in [-0.05, 0) is 46.6 Å². The third-order valence-corrected chi connectivity index (χ3v) is 6.64. The van der Waals surface area contributed by atoms with Crippen LogP contribution in [0, 0.1) is 13.8 Å². The Morgan fingerprint density at radius 2 is 2.00 bits per heavy atom. The fraction of sp³-hybridized carbons (Fsp3) is 0.812. The average Bonchev–Trinajstić information content (AvgIpc) is 2.88. The zero-order valence-electron chi connectivity index (χ0n) is 13.6. The van der Waals surface area contributed by atoms with E-state index in [1.165, 1.54) is 41.3 Å². The molecular formula is C16H27N3OS. The molecule has 3 rings (SSSR count). The van der Waals surface area contributed by atoms with Gasteiger partial charge in [0.1, 0.15) is 5.01 Å². The predicted octanol–water partition coefficient (Wildman–Crippen LogP) is 2.45. The Hall–Kier alpha value is -0.490. The normalized spacial score (nSPS) is 32.8. The number of piperidine rings is 1. The number of aromatic nitrogens is 1. The summed E-state index contributed by atoms with van der Waals surface area (Å²) >= 11 is 1.88. The van der Waals surface area contributed by atoms with E-state index in [0.717, 1.165) is 13.2 Å². The molecule has 0 amide bonds. The Labute approximate surface area is 131 Å². The van der Waals surface area contributed by atoms with Crippen molar-refractivity contribution in [2.45, 2.75) is 57.2 Å². The molecule has 2 aliphatic rings. The molecule has 21 heavy (non-hydrogen) atoms. The van der Waals surface area contributed by atoms with E-state index in [-0.39, 0.29) is 5.54 Å². The summed E-state index contributed by atoms with van der Waals surface area (Å²) in [5.74, 6) is 0. The molecule has 1 aromatic rings. The minimum absolute atomic E-state index is 0.0561. The number of hydrogen-bond acceptors (Lipinski definition) is 5. The largest absolute Gasteiger partial charge is 0.383 e. The third kappa shape index (κ3) is 2.77. The summed E-state index contributed by atoms with van der Waals surface area (Å²) in [6.07, 6.45) is 5.02. The van der Waals surface area contributed by atoms with Crippen LogP contribution < -0.4 is 5.32 Å². The number of thiazole rings is 1. The molecule has 0 saturated carbocycles. The maximum atomic E-state index is 5.24. The van der Waals surface area contributed by atoms with Gasteiger partial charge in [0, 0.05) is 30.6 Å². The Bertz CT molecular complexity index is 468. The van der Waals surface area contributed by atoms with E-state index in [1.54, 1.807) is 7.11 Å². The van der Waals surface area contributed by atoms with E-state index >= 15 is 0 Å². The van der Waals surface area contributed by atoms with Crippen molar-refractivity contribution in [3.63, 3.8) is 0 Å². The summed E-state index contributed by atoms with van der Waals surface area (Å²) in [5, 5.41) is 5.10. The van der Waals surface area contributed by atoms with Crippen LogP contribution >= 0.6 is 11.3 Å². The number of hydrogen-bond donors (Lipinski definition) is 1. The van der Waals surface area contributed by atoms with Crippen LogP contribution in [-0.4, -0.2) is 49.3 Å². The molecule has 2 unspecified atom stereocenters. The molecule has 118 valence electrons. The third-order valence-electron chi connectivity index (χ3n) is 5.36. The minimum atomic E-state index is 0.0561. The standard InChI is InChI=1S/C16H27N3OS/c1-11-12(2)21-15(18-11)16(17-7-8-20-4)9-13-5-6-14(10-16)19(13)3/h13-14,17H,5-10H2,1-4H3. The number of nitrogens with one attached hydrogen (secondary N) is 1. The summed E-state index contributed by atoms with van der Waals surface area (Å²) in [4.78, 5) is 8.84. The first kappa shape index (κ1) is 15.4. The lowest BCUT2D eigenvalue weighted by atomic mass is 9.83. The van der Waals surface area contributed by atoms with Crippen molar-refractivity contribution < 1.29 is 4.74 Å². The SMILES string of the molecule is COCCNC1(c2nc(C)c(C)s2)CC2CCC(C1)N2C. The summed E-state index contributed by atoms with van der Waals surface area (Å²) in [6.45, 7) is 5.97. The first-order valence-corrected chi connectivity index (χ1v) is 8.78. The number of fused-ring (bicyclic) bond motifs is 2. The predicted molar refractivity (Wildman–Crippen MR) is 87.0 cm³/mol. The number of ether oxygens (including phenoxy) is 1. The van der Waals surface area contributed by atoms with Crippen molar-refractivity contribution in [2.75, 3.05) is 27.3 Å². The van der Waals surface area contributed by atoms with E-state index in [2.05, 4.69) is 31.1 Å². The number of nitrogens with zero attached hydrogens (tertiary/aromatic N) is 2. The molecule has 3 heterocycles. The van der Waals surface area contributed by atoms with Crippen molar-refractivity contribution in [3.8, 4) is 0 Å². The molecule has 0 radical (unpaired) electrons. The van der Waals surface area contributed by atoms with Crippen LogP contribution in [0.15, 0.2) is 0 Å². The molecule has 1 aromatic heterocycles. The van der Waals surface area contributed by atoms with Gasteiger partial charge >= 0.3 is 0 Å². The van der Waals surface area contributed by atoms with Crippen LogP contribution in [-0.2, 0) is 10.3 Å². The van der Waals surface area contributed by atoms with Gasteiger partial charge in [-0.2, -0.15) is 0 Å². The van der Waals surface area contributed by atoms with Crippen LogP contribution in [0.1, 0.15) is 41.3 Å². The zero-order valence-corrected chi connectivity index (χ0v) is 14.4. The smallest absolute Gasteiger partial charge is 0.113 e. The van der Waals surface area contributed by atoms with E-state index in [9.17, 15) is 0 Å². The second-order valence-corrected chi connectivity index (χ2v) is 7.82. The van der Waals surface area contributed by atoms with Crippen LogP contribution in [0.4, 0.5) is 0 Å². The van der Waals surface area contributed by atoms with Gasteiger partial charge in [-0.15, -0.1) is 11.3 Å². The fourth-order valence-electron chi connectivity index (χ4n) is 3.93.